The maximum atomic E-state index is 11.7. The number of nitrogens with two attached hydrogens (primary N) is 2. The minimum atomic E-state index is -0.674. The molecule has 5 nitrogen and oxygen atoms in total. The largest absolute Gasteiger partial charge is 0.370 e. The van der Waals surface area contributed by atoms with E-state index in [-0.39, 0.29) is 11.8 Å². The minimum absolute atomic E-state index is 0.0931. The molecule has 86 valence electrons. The predicted octanol–water partition coefficient (Wildman–Crippen LogP) is -0.360. The molecule has 1 rings (SSSR count). The lowest BCUT2D eigenvalue weighted by Crippen LogP contribution is -2.52. The van der Waals surface area contributed by atoms with Crippen LogP contribution < -0.4 is 16.8 Å². The highest BCUT2D eigenvalue weighted by molar-refractivity contribution is 5.86. The number of carbonyl (C=O) groups excluding carboxylic acids is 2. The molecule has 15 heavy (non-hydrogen) atoms. The molecule has 0 atom stereocenters. The summed E-state index contributed by atoms with van der Waals surface area (Å²) in [5.41, 5.74) is 10.2. The van der Waals surface area contributed by atoms with Gasteiger partial charge in [0.2, 0.25) is 11.8 Å². The highest BCUT2D eigenvalue weighted by atomic mass is 16.2. The fourth-order valence-corrected chi connectivity index (χ4v) is 1.87. The molecule has 0 radical (unpaired) electrons. The number of hydrogen-bond donors (Lipinski definition) is 3. The van der Waals surface area contributed by atoms with E-state index in [0.29, 0.717) is 19.4 Å². The van der Waals surface area contributed by atoms with Crippen molar-refractivity contribution in [2.24, 2.45) is 11.5 Å². The van der Waals surface area contributed by atoms with Gasteiger partial charge in [-0.15, -0.1) is 0 Å². The van der Waals surface area contributed by atoms with Gasteiger partial charge in [0.05, 0.1) is 5.54 Å². The Hall–Kier alpha value is -1.10. The van der Waals surface area contributed by atoms with E-state index in [2.05, 4.69) is 5.32 Å². The summed E-state index contributed by atoms with van der Waals surface area (Å²) in [6.45, 7) is 0.473. The van der Waals surface area contributed by atoms with Crippen molar-refractivity contribution >= 4 is 11.8 Å². The summed E-state index contributed by atoms with van der Waals surface area (Å²) in [5, 5.41) is 2.75. The van der Waals surface area contributed by atoms with Crippen molar-refractivity contribution in [3.05, 3.63) is 0 Å². The van der Waals surface area contributed by atoms with Crippen LogP contribution in [0.2, 0.25) is 0 Å². The second-order valence-electron chi connectivity index (χ2n) is 4.19. The summed E-state index contributed by atoms with van der Waals surface area (Å²) in [5.74, 6) is -0.433. The number of amides is 2. The van der Waals surface area contributed by atoms with Gasteiger partial charge >= 0.3 is 0 Å². The molecule has 1 saturated carbocycles. The van der Waals surface area contributed by atoms with Crippen LogP contribution in [0.3, 0.4) is 0 Å². The minimum Gasteiger partial charge on any atom is -0.370 e. The molecule has 5 heteroatoms. The summed E-state index contributed by atoms with van der Waals surface area (Å²) in [6, 6.07) is 0. The van der Waals surface area contributed by atoms with Crippen LogP contribution in [0, 0.1) is 0 Å². The Balaban J connectivity index is 2.21. The molecule has 0 aromatic rings. The van der Waals surface area contributed by atoms with Crippen LogP contribution >= 0.6 is 0 Å². The number of hydrogen-bond acceptors (Lipinski definition) is 3. The Morgan fingerprint density at radius 3 is 2.40 bits per heavy atom. The lowest BCUT2D eigenvalue weighted by molar-refractivity contribution is -0.126. The van der Waals surface area contributed by atoms with E-state index in [1.807, 2.05) is 0 Å². The van der Waals surface area contributed by atoms with E-state index in [1.54, 1.807) is 0 Å². The zero-order valence-corrected chi connectivity index (χ0v) is 8.92. The Morgan fingerprint density at radius 2 is 1.87 bits per heavy atom. The average Bonchev–Trinajstić information content (AvgIpc) is 2.60. The van der Waals surface area contributed by atoms with E-state index in [1.165, 1.54) is 0 Å². The fourth-order valence-electron chi connectivity index (χ4n) is 1.87. The molecule has 1 fully saturated rings. The van der Waals surface area contributed by atoms with Gasteiger partial charge < -0.3 is 16.8 Å². The Labute approximate surface area is 89.6 Å². The van der Waals surface area contributed by atoms with E-state index in [4.69, 9.17) is 11.5 Å². The van der Waals surface area contributed by atoms with Crippen molar-refractivity contribution in [2.45, 2.75) is 44.1 Å². The molecule has 0 unspecified atom stereocenters. The normalized spacial score (nSPS) is 18.7. The summed E-state index contributed by atoms with van der Waals surface area (Å²) in [7, 11) is 0. The van der Waals surface area contributed by atoms with Gasteiger partial charge in [0, 0.05) is 13.0 Å². The molecule has 0 saturated heterocycles. The first kappa shape index (κ1) is 12.0. The zero-order valence-electron chi connectivity index (χ0n) is 8.92. The molecular weight excluding hydrogens is 194 g/mol. The molecule has 0 heterocycles. The first-order valence-corrected chi connectivity index (χ1v) is 5.40. The molecule has 0 aromatic carbocycles. The monoisotopic (exact) mass is 213 g/mol. The van der Waals surface area contributed by atoms with Crippen molar-refractivity contribution in [3.63, 3.8) is 0 Å². The number of nitrogens with one attached hydrogen (secondary N) is 1. The van der Waals surface area contributed by atoms with Crippen molar-refractivity contribution in [2.75, 3.05) is 6.54 Å². The van der Waals surface area contributed by atoms with Crippen molar-refractivity contribution in [1.82, 2.24) is 5.32 Å². The van der Waals surface area contributed by atoms with Crippen LogP contribution in [0.25, 0.3) is 0 Å². The maximum Gasteiger partial charge on any atom is 0.240 e. The van der Waals surface area contributed by atoms with Crippen molar-refractivity contribution in [1.29, 1.82) is 0 Å². The molecule has 0 spiro atoms. The second kappa shape index (κ2) is 5.11. The maximum absolute atomic E-state index is 11.7. The molecule has 0 aromatic heterocycles. The zero-order chi connectivity index (χ0) is 11.3. The smallest absolute Gasteiger partial charge is 0.240 e. The summed E-state index contributed by atoms with van der Waals surface area (Å²) < 4.78 is 0. The van der Waals surface area contributed by atoms with Gasteiger partial charge in [-0.25, -0.2) is 0 Å². The van der Waals surface area contributed by atoms with Crippen molar-refractivity contribution < 1.29 is 9.59 Å². The van der Waals surface area contributed by atoms with Gasteiger partial charge in [0.25, 0.3) is 0 Å². The summed E-state index contributed by atoms with van der Waals surface area (Å²) in [6.07, 6.45) is 4.44. The summed E-state index contributed by atoms with van der Waals surface area (Å²) in [4.78, 5) is 22.1. The van der Waals surface area contributed by atoms with Crippen LogP contribution in [-0.2, 0) is 9.59 Å². The first-order valence-electron chi connectivity index (χ1n) is 5.40. The molecule has 1 aliphatic rings. The van der Waals surface area contributed by atoms with Crippen LogP contribution in [0.4, 0.5) is 0 Å². The molecule has 0 bridgehead atoms. The molecule has 1 aliphatic carbocycles. The SMILES string of the molecule is NC(=O)CCCNC(=O)C1(N)CCCC1. The average molecular weight is 213 g/mol. The van der Waals surface area contributed by atoms with Crippen molar-refractivity contribution in [3.8, 4) is 0 Å². The van der Waals surface area contributed by atoms with E-state index < -0.39 is 5.54 Å². The molecule has 5 N–H and O–H groups in total. The topological polar surface area (TPSA) is 98.2 Å². The lowest BCUT2D eigenvalue weighted by atomic mass is 9.98. The van der Waals surface area contributed by atoms with Gasteiger partial charge in [-0.05, 0) is 19.3 Å². The third-order valence-corrected chi connectivity index (χ3v) is 2.83. The van der Waals surface area contributed by atoms with Gasteiger partial charge in [0.15, 0.2) is 0 Å². The van der Waals surface area contributed by atoms with Crippen LogP contribution in [0.15, 0.2) is 0 Å². The Morgan fingerprint density at radius 1 is 1.27 bits per heavy atom. The highest BCUT2D eigenvalue weighted by Gasteiger charge is 2.36. The van der Waals surface area contributed by atoms with Gasteiger partial charge in [-0.3, -0.25) is 9.59 Å². The first-order chi connectivity index (χ1) is 7.04. The quantitative estimate of drug-likeness (QED) is 0.544. The predicted molar refractivity (Wildman–Crippen MR) is 56.8 cm³/mol. The number of primary amides is 1. The van der Waals surface area contributed by atoms with Crippen LogP contribution in [0.5, 0.6) is 0 Å². The van der Waals surface area contributed by atoms with Gasteiger partial charge in [0.1, 0.15) is 0 Å². The van der Waals surface area contributed by atoms with Crippen LogP contribution in [0.1, 0.15) is 38.5 Å². The van der Waals surface area contributed by atoms with E-state index in [0.717, 1.165) is 25.7 Å². The standard InChI is InChI=1S/C10H19N3O2/c11-8(14)4-3-7-13-9(15)10(12)5-1-2-6-10/h1-7,12H2,(H2,11,14)(H,13,15). The highest BCUT2D eigenvalue weighted by Crippen LogP contribution is 2.27. The van der Waals surface area contributed by atoms with E-state index >= 15 is 0 Å². The van der Waals surface area contributed by atoms with Crippen LogP contribution in [-0.4, -0.2) is 23.9 Å². The number of carbonyl (C=O) groups is 2. The Kier molecular flexibility index (Phi) is 4.08. The second-order valence-corrected chi connectivity index (χ2v) is 4.19. The third kappa shape index (κ3) is 3.51. The van der Waals surface area contributed by atoms with Gasteiger partial charge in [-0.1, -0.05) is 12.8 Å². The number of rotatable bonds is 5. The fraction of sp³-hybridized carbons (Fsp3) is 0.800. The van der Waals surface area contributed by atoms with Gasteiger partial charge in [-0.2, -0.15) is 0 Å². The molecule has 2 amide bonds. The Bertz CT molecular complexity index is 247. The molecule has 0 aliphatic heterocycles. The third-order valence-electron chi connectivity index (χ3n) is 2.83. The lowest BCUT2D eigenvalue weighted by Gasteiger charge is -2.22. The molecular formula is C10H19N3O2. The summed E-state index contributed by atoms with van der Waals surface area (Å²) >= 11 is 0. The van der Waals surface area contributed by atoms with E-state index in [9.17, 15) is 9.59 Å².